The highest BCUT2D eigenvalue weighted by atomic mass is 16.2. The molecule has 2 saturated heterocycles. The molecule has 2 aliphatic heterocycles. The third-order valence-electron chi connectivity index (χ3n) is 6.05. The van der Waals surface area contributed by atoms with Crippen LogP contribution in [-0.4, -0.2) is 60.1 Å². The highest BCUT2D eigenvalue weighted by molar-refractivity contribution is 5.75. The Balaban J connectivity index is 1.16. The van der Waals surface area contributed by atoms with Gasteiger partial charge >= 0.3 is 6.03 Å². The molecule has 28 heavy (non-hydrogen) atoms. The Labute approximate surface area is 167 Å². The lowest BCUT2D eigenvalue weighted by Crippen LogP contribution is -2.53. The molecule has 0 radical (unpaired) electrons. The van der Waals surface area contributed by atoms with E-state index < -0.39 is 0 Å². The average molecular weight is 379 g/mol. The molecule has 5 heteroatoms. The van der Waals surface area contributed by atoms with Crippen molar-refractivity contribution in [1.29, 1.82) is 0 Å². The number of piperidine rings is 1. The number of benzene rings is 1. The van der Waals surface area contributed by atoms with Gasteiger partial charge in [0.15, 0.2) is 0 Å². The summed E-state index contributed by atoms with van der Waals surface area (Å²) in [7, 11) is 0. The van der Waals surface area contributed by atoms with E-state index in [0.717, 1.165) is 39.1 Å². The largest absolute Gasteiger partial charge is 0.338 e. The maximum absolute atomic E-state index is 12.4. The first kappa shape index (κ1) is 18.9. The van der Waals surface area contributed by atoms with Gasteiger partial charge in [-0.05, 0) is 55.0 Å². The monoisotopic (exact) mass is 378 g/mol. The third-order valence-corrected chi connectivity index (χ3v) is 6.05. The normalized spacial score (nSPS) is 20.6. The molecule has 0 bridgehead atoms. The van der Waals surface area contributed by atoms with Crippen molar-refractivity contribution in [2.24, 2.45) is 5.92 Å². The van der Waals surface area contributed by atoms with Gasteiger partial charge in [0, 0.05) is 51.0 Å². The van der Waals surface area contributed by atoms with E-state index in [9.17, 15) is 4.79 Å². The Morgan fingerprint density at radius 3 is 2.64 bits per heavy atom. The minimum absolute atomic E-state index is 0.0896. The van der Waals surface area contributed by atoms with Crippen molar-refractivity contribution in [3.63, 3.8) is 0 Å². The summed E-state index contributed by atoms with van der Waals surface area (Å²) < 4.78 is 0. The zero-order valence-corrected chi connectivity index (χ0v) is 16.5. The van der Waals surface area contributed by atoms with Crippen LogP contribution in [0.1, 0.15) is 29.9 Å². The zero-order valence-electron chi connectivity index (χ0n) is 16.5. The third kappa shape index (κ3) is 4.90. The first-order valence-corrected chi connectivity index (χ1v) is 10.5. The molecule has 2 amide bonds. The predicted molar refractivity (Wildman–Crippen MR) is 111 cm³/mol. The number of nitrogens with one attached hydrogen (secondary N) is 1. The molecule has 148 valence electrons. The molecule has 5 nitrogen and oxygen atoms in total. The van der Waals surface area contributed by atoms with Gasteiger partial charge in [-0.3, -0.25) is 4.98 Å². The van der Waals surface area contributed by atoms with E-state index in [2.05, 4.69) is 45.5 Å². The summed E-state index contributed by atoms with van der Waals surface area (Å²) in [6, 6.07) is 14.9. The van der Waals surface area contributed by atoms with E-state index in [1.54, 1.807) is 0 Å². The van der Waals surface area contributed by atoms with E-state index in [1.807, 2.05) is 29.4 Å². The number of carbonyl (C=O) groups is 1. The Morgan fingerprint density at radius 1 is 1.07 bits per heavy atom. The fourth-order valence-electron chi connectivity index (χ4n) is 4.29. The highest BCUT2D eigenvalue weighted by Gasteiger charge is 2.32. The summed E-state index contributed by atoms with van der Waals surface area (Å²) in [5.41, 5.74) is 2.68. The molecule has 2 fully saturated rings. The van der Waals surface area contributed by atoms with E-state index in [0.29, 0.717) is 11.8 Å². The summed E-state index contributed by atoms with van der Waals surface area (Å²) in [4.78, 5) is 21.0. The van der Waals surface area contributed by atoms with E-state index in [1.165, 1.54) is 30.5 Å². The van der Waals surface area contributed by atoms with Crippen molar-refractivity contribution >= 4 is 6.03 Å². The molecule has 3 heterocycles. The van der Waals surface area contributed by atoms with Crippen molar-refractivity contribution in [2.75, 3.05) is 39.3 Å². The second kappa shape index (κ2) is 9.20. The molecule has 2 aliphatic rings. The van der Waals surface area contributed by atoms with Crippen molar-refractivity contribution in [1.82, 2.24) is 20.1 Å². The molecule has 1 aromatic carbocycles. The SMILES string of the molecule is O=C(NCC1CCCN(CCc2ccccc2)C1)N1CC(c2ccncc2)C1. The minimum Gasteiger partial charge on any atom is -0.338 e. The molecule has 1 unspecified atom stereocenters. The van der Waals surface area contributed by atoms with Gasteiger partial charge in [-0.2, -0.15) is 0 Å². The number of pyridine rings is 1. The van der Waals surface area contributed by atoms with Crippen LogP contribution in [0.25, 0.3) is 0 Å². The van der Waals surface area contributed by atoms with E-state index >= 15 is 0 Å². The number of aromatic nitrogens is 1. The number of urea groups is 1. The van der Waals surface area contributed by atoms with Gasteiger partial charge < -0.3 is 15.1 Å². The van der Waals surface area contributed by atoms with E-state index in [-0.39, 0.29) is 6.03 Å². The number of hydrogen-bond donors (Lipinski definition) is 1. The molecule has 0 aliphatic carbocycles. The van der Waals surface area contributed by atoms with Gasteiger partial charge in [0.05, 0.1) is 0 Å². The van der Waals surface area contributed by atoms with Gasteiger partial charge in [0.25, 0.3) is 0 Å². The number of hydrogen-bond acceptors (Lipinski definition) is 3. The van der Waals surface area contributed by atoms with Gasteiger partial charge in [-0.25, -0.2) is 4.79 Å². The molecule has 2 aromatic rings. The van der Waals surface area contributed by atoms with Gasteiger partial charge in [-0.15, -0.1) is 0 Å². The van der Waals surface area contributed by atoms with Crippen LogP contribution < -0.4 is 5.32 Å². The molecule has 1 atom stereocenters. The lowest BCUT2D eigenvalue weighted by atomic mass is 9.92. The van der Waals surface area contributed by atoms with Crippen LogP contribution in [0.4, 0.5) is 4.79 Å². The van der Waals surface area contributed by atoms with Gasteiger partial charge in [0.1, 0.15) is 0 Å². The standard InChI is InChI=1S/C23H30N4O/c28-23(27-17-22(18-27)21-8-11-24-12-9-21)25-15-20-7-4-13-26(16-20)14-10-19-5-2-1-3-6-19/h1-3,5-6,8-9,11-12,20,22H,4,7,10,13-18H2,(H,25,28). The smallest absolute Gasteiger partial charge is 0.317 e. The molecule has 0 saturated carbocycles. The van der Waals surface area contributed by atoms with Crippen LogP contribution in [-0.2, 0) is 6.42 Å². The van der Waals surface area contributed by atoms with Crippen LogP contribution in [0.2, 0.25) is 0 Å². The topological polar surface area (TPSA) is 48.5 Å². The molecular formula is C23H30N4O. The number of rotatable bonds is 6. The fourth-order valence-corrected chi connectivity index (χ4v) is 4.29. The first-order valence-electron chi connectivity index (χ1n) is 10.5. The Bertz CT molecular complexity index is 746. The maximum Gasteiger partial charge on any atom is 0.317 e. The lowest BCUT2D eigenvalue weighted by molar-refractivity contribution is 0.142. The highest BCUT2D eigenvalue weighted by Crippen LogP contribution is 2.26. The van der Waals surface area contributed by atoms with Gasteiger partial charge in [-0.1, -0.05) is 30.3 Å². The Morgan fingerprint density at radius 2 is 1.86 bits per heavy atom. The van der Waals surface area contributed by atoms with Crippen molar-refractivity contribution in [3.05, 3.63) is 66.0 Å². The predicted octanol–water partition coefficient (Wildman–Crippen LogP) is 3.15. The maximum atomic E-state index is 12.4. The number of nitrogens with zero attached hydrogens (tertiary/aromatic N) is 3. The minimum atomic E-state index is 0.0896. The average Bonchev–Trinajstić information content (AvgIpc) is 2.72. The second-order valence-electron chi connectivity index (χ2n) is 8.11. The molecular weight excluding hydrogens is 348 g/mol. The summed E-state index contributed by atoms with van der Waals surface area (Å²) in [5.74, 6) is 1.02. The summed E-state index contributed by atoms with van der Waals surface area (Å²) >= 11 is 0. The van der Waals surface area contributed by atoms with Crippen LogP contribution >= 0.6 is 0 Å². The summed E-state index contributed by atoms with van der Waals surface area (Å²) in [6.07, 6.45) is 7.18. The number of amides is 2. The fraction of sp³-hybridized carbons (Fsp3) is 0.478. The molecule has 0 spiro atoms. The number of likely N-dealkylation sites (tertiary alicyclic amines) is 2. The van der Waals surface area contributed by atoms with Crippen LogP contribution in [0.5, 0.6) is 0 Å². The van der Waals surface area contributed by atoms with Crippen molar-refractivity contribution in [3.8, 4) is 0 Å². The van der Waals surface area contributed by atoms with Crippen LogP contribution in [0, 0.1) is 5.92 Å². The molecule has 1 aromatic heterocycles. The Hall–Kier alpha value is -2.40. The van der Waals surface area contributed by atoms with Crippen molar-refractivity contribution in [2.45, 2.75) is 25.2 Å². The molecule has 1 N–H and O–H groups in total. The van der Waals surface area contributed by atoms with Crippen LogP contribution in [0.3, 0.4) is 0 Å². The van der Waals surface area contributed by atoms with Gasteiger partial charge in [0.2, 0.25) is 0 Å². The zero-order chi connectivity index (χ0) is 19.2. The van der Waals surface area contributed by atoms with Crippen molar-refractivity contribution < 1.29 is 4.79 Å². The molecule has 4 rings (SSSR count). The summed E-state index contributed by atoms with van der Waals surface area (Å²) in [5, 5.41) is 3.17. The lowest BCUT2D eigenvalue weighted by Gasteiger charge is -2.40. The second-order valence-corrected chi connectivity index (χ2v) is 8.11. The quantitative estimate of drug-likeness (QED) is 0.840. The first-order chi connectivity index (χ1) is 13.8. The Kier molecular flexibility index (Phi) is 6.22. The van der Waals surface area contributed by atoms with E-state index in [4.69, 9.17) is 0 Å². The summed E-state index contributed by atoms with van der Waals surface area (Å²) in [6.45, 7) is 5.78. The number of carbonyl (C=O) groups excluding carboxylic acids is 1. The van der Waals surface area contributed by atoms with Crippen LogP contribution in [0.15, 0.2) is 54.9 Å².